The van der Waals surface area contributed by atoms with Crippen LogP contribution in [0.1, 0.15) is 18.4 Å². The Morgan fingerprint density at radius 2 is 2.19 bits per heavy atom. The van der Waals surface area contributed by atoms with E-state index < -0.39 is 0 Å². The van der Waals surface area contributed by atoms with Crippen molar-refractivity contribution < 1.29 is 9.53 Å². The van der Waals surface area contributed by atoms with Crippen LogP contribution < -0.4 is 5.73 Å². The third kappa shape index (κ3) is 4.33. The summed E-state index contributed by atoms with van der Waals surface area (Å²) >= 11 is 3.47. The molecule has 0 amide bonds. The Balaban J connectivity index is 2.43. The topological polar surface area (TPSA) is 52.3 Å². The molecule has 2 N–H and O–H groups in total. The molecule has 3 nitrogen and oxygen atoms in total. The number of halogens is 1. The molecule has 1 aromatic rings. The average Bonchev–Trinajstić information content (AvgIpc) is 2.29. The van der Waals surface area contributed by atoms with Crippen LogP contribution in [0.25, 0.3) is 0 Å². The van der Waals surface area contributed by atoms with E-state index in [9.17, 15) is 4.79 Å². The van der Waals surface area contributed by atoms with E-state index in [1.54, 1.807) is 0 Å². The lowest BCUT2D eigenvalue weighted by Crippen LogP contribution is -2.24. The lowest BCUT2D eigenvalue weighted by molar-refractivity contribution is -0.140. The molecule has 0 saturated heterocycles. The van der Waals surface area contributed by atoms with Crippen molar-refractivity contribution in [3.63, 3.8) is 0 Å². The number of ether oxygens (including phenoxy) is 1. The molecule has 88 valence electrons. The Morgan fingerprint density at radius 1 is 1.50 bits per heavy atom. The number of benzene rings is 1. The summed E-state index contributed by atoms with van der Waals surface area (Å²) in [6.07, 6.45) is 1.79. The van der Waals surface area contributed by atoms with Crippen molar-refractivity contribution in [2.75, 3.05) is 7.11 Å². The number of esters is 1. The van der Waals surface area contributed by atoms with Crippen LogP contribution >= 0.6 is 15.9 Å². The van der Waals surface area contributed by atoms with Gasteiger partial charge in [0.25, 0.3) is 0 Å². The van der Waals surface area contributed by atoms with Crippen LogP contribution in [-0.2, 0) is 16.0 Å². The van der Waals surface area contributed by atoms with Gasteiger partial charge in [-0.3, -0.25) is 4.79 Å². The minimum absolute atomic E-state index is 0.0159. The molecule has 0 bridgehead atoms. The quantitative estimate of drug-likeness (QED) is 0.845. The average molecular weight is 286 g/mol. The van der Waals surface area contributed by atoms with Crippen molar-refractivity contribution in [3.8, 4) is 0 Å². The summed E-state index contributed by atoms with van der Waals surface area (Å²) in [5, 5.41) is 0. The fraction of sp³-hybridized carbons (Fsp3) is 0.417. The van der Waals surface area contributed by atoms with Gasteiger partial charge in [0.1, 0.15) is 0 Å². The third-order valence-corrected chi connectivity index (χ3v) is 3.16. The highest BCUT2D eigenvalue weighted by atomic mass is 79.9. The van der Waals surface area contributed by atoms with Gasteiger partial charge in [-0.25, -0.2) is 0 Å². The van der Waals surface area contributed by atoms with Crippen LogP contribution in [0.15, 0.2) is 28.7 Å². The normalized spacial score (nSPS) is 12.2. The molecule has 1 unspecified atom stereocenters. The van der Waals surface area contributed by atoms with E-state index in [0.29, 0.717) is 12.8 Å². The molecule has 0 heterocycles. The molecule has 0 aliphatic rings. The fourth-order valence-electron chi connectivity index (χ4n) is 1.45. The van der Waals surface area contributed by atoms with Gasteiger partial charge in [0, 0.05) is 16.9 Å². The van der Waals surface area contributed by atoms with Gasteiger partial charge in [0.2, 0.25) is 0 Å². The van der Waals surface area contributed by atoms with Gasteiger partial charge in [0.05, 0.1) is 7.11 Å². The first-order valence-corrected chi connectivity index (χ1v) is 5.98. The smallest absolute Gasteiger partial charge is 0.305 e. The van der Waals surface area contributed by atoms with Crippen molar-refractivity contribution in [3.05, 3.63) is 34.3 Å². The van der Waals surface area contributed by atoms with Crippen molar-refractivity contribution in [1.82, 2.24) is 0 Å². The van der Waals surface area contributed by atoms with Gasteiger partial charge in [-0.1, -0.05) is 34.1 Å². The summed E-state index contributed by atoms with van der Waals surface area (Å²) in [6, 6.07) is 7.95. The summed E-state index contributed by atoms with van der Waals surface area (Å²) in [5.41, 5.74) is 7.12. The second-order valence-corrected chi connectivity index (χ2v) is 4.52. The summed E-state index contributed by atoms with van der Waals surface area (Å²) in [6.45, 7) is 0. The summed E-state index contributed by atoms with van der Waals surface area (Å²) in [7, 11) is 1.39. The van der Waals surface area contributed by atoms with E-state index in [2.05, 4.69) is 20.7 Å². The van der Waals surface area contributed by atoms with Crippen molar-refractivity contribution in [2.45, 2.75) is 25.3 Å². The van der Waals surface area contributed by atoms with E-state index in [1.807, 2.05) is 24.3 Å². The predicted octanol–water partition coefficient (Wildman–Crippen LogP) is 2.27. The molecular weight excluding hydrogens is 270 g/mol. The fourth-order valence-corrected chi connectivity index (χ4v) is 1.90. The standard InChI is InChI=1S/C12H16BrNO2/c1-16-12(15)7-6-10(14)8-9-4-2-3-5-11(9)13/h2-5,10H,6-8,14H2,1H3. The maximum atomic E-state index is 10.9. The van der Waals surface area contributed by atoms with Crippen LogP contribution in [0, 0.1) is 0 Å². The Kier molecular flexibility index (Phi) is 5.49. The van der Waals surface area contributed by atoms with E-state index in [4.69, 9.17) is 5.73 Å². The number of carbonyl (C=O) groups is 1. The lowest BCUT2D eigenvalue weighted by Gasteiger charge is -2.11. The Labute approximate surface area is 104 Å². The highest BCUT2D eigenvalue weighted by Crippen LogP contribution is 2.18. The van der Waals surface area contributed by atoms with Crippen LogP contribution in [0.2, 0.25) is 0 Å². The Hall–Kier alpha value is -0.870. The molecule has 1 aromatic carbocycles. The molecule has 0 radical (unpaired) electrons. The van der Waals surface area contributed by atoms with E-state index >= 15 is 0 Å². The van der Waals surface area contributed by atoms with Crippen molar-refractivity contribution in [1.29, 1.82) is 0 Å². The first-order chi connectivity index (χ1) is 7.63. The molecular formula is C12H16BrNO2. The highest BCUT2D eigenvalue weighted by Gasteiger charge is 2.09. The van der Waals surface area contributed by atoms with Crippen LogP contribution in [0.3, 0.4) is 0 Å². The van der Waals surface area contributed by atoms with E-state index in [0.717, 1.165) is 10.9 Å². The number of rotatable bonds is 5. The van der Waals surface area contributed by atoms with Gasteiger partial charge in [-0.05, 0) is 24.5 Å². The number of nitrogens with two attached hydrogens (primary N) is 1. The lowest BCUT2D eigenvalue weighted by atomic mass is 10.0. The summed E-state index contributed by atoms with van der Waals surface area (Å²) in [4.78, 5) is 10.9. The summed E-state index contributed by atoms with van der Waals surface area (Å²) in [5.74, 6) is -0.206. The van der Waals surface area contributed by atoms with Crippen LogP contribution in [0.5, 0.6) is 0 Å². The maximum Gasteiger partial charge on any atom is 0.305 e. The second kappa shape index (κ2) is 6.66. The largest absolute Gasteiger partial charge is 0.469 e. The monoisotopic (exact) mass is 285 g/mol. The van der Waals surface area contributed by atoms with E-state index in [1.165, 1.54) is 12.7 Å². The zero-order valence-electron chi connectivity index (χ0n) is 9.28. The van der Waals surface area contributed by atoms with Crippen molar-refractivity contribution >= 4 is 21.9 Å². The molecule has 1 rings (SSSR count). The molecule has 0 aromatic heterocycles. The summed E-state index contributed by atoms with van der Waals surface area (Å²) < 4.78 is 5.63. The Bertz CT molecular complexity index is 355. The molecule has 0 fully saturated rings. The molecule has 0 aliphatic heterocycles. The molecule has 0 aliphatic carbocycles. The number of hydrogen-bond acceptors (Lipinski definition) is 3. The van der Waals surface area contributed by atoms with E-state index in [-0.39, 0.29) is 12.0 Å². The highest BCUT2D eigenvalue weighted by molar-refractivity contribution is 9.10. The first-order valence-electron chi connectivity index (χ1n) is 5.19. The van der Waals surface area contributed by atoms with Crippen molar-refractivity contribution in [2.24, 2.45) is 5.73 Å². The van der Waals surface area contributed by atoms with Gasteiger partial charge in [-0.2, -0.15) is 0 Å². The van der Waals surface area contributed by atoms with Crippen LogP contribution in [-0.4, -0.2) is 19.1 Å². The zero-order valence-corrected chi connectivity index (χ0v) is 10.9. The minimum Gasteiger partial charge on any atom is -0.469 e. The molecule has 0 saturated carbocycles. The first kappa shape index (κ1) is 13.2. The van der Waals surface area contributed by atoms with Gasteiger partial charge < -0.3 is 10.5 Å². The maximum absolute atomic E-state index is 10.9. The molecule has 1 atom stereocenters. The zero-order chi connectivity index (χ0) is 12.0. The predicted molar refractivity (Wildman–Crippen MR) is 67.1 cm³/mol. The molecule has 0 spiro atoms. The second-order valence-electron chi connectivity index (χ2n) is 3.67. The third-order valence-electron chi connectivity index (χ3n) is 2.39. The number of methoxy groups -OCH3 is 1. The Morgan fingerprint density at radius 3 is 2.81 bits per heavy atom. The SMILES string of the molecule is COC(=O)CCC(N)Cc1ccccc1Br. The van der Waals surface area contributed by atoms with Gasteiger partial charge in [0.15, 0.2) is 0 Å². The van der Waals surface area contributed by atoms with Gasteiger partial charge >= 0.3 is 5.97 Å². The number of carbonyl (C=O) groups excluding carboxylic acids is 1. The number of hydrogen-bond donors (Lipinski definition) is 1. The van der Waals surface area contributed by atoms with Crippen LogP contribution in [0.4, 0.5) is 0 Å². The molecule has 4 heteroatoms. The molecule has 16 heavy (non-hydrogen) atoms. The minimum atomic E-state index is -0.206. The van der Waals surface area contributed by atoms with Gasteiger partial charge in [-0.15, -0.1) is 0 Å².